The molecule has 84 valence electrons. The molecular weight excluding hydrogens is 204 g/mol. The fraction of sp³-hybridized carbons (Fsp3) is 0.600. The SMILES string of the molecule is CNc1ncnc2c1nnn2CCC1CC1. The van der Waals surface area contributed by atoms with Crippen molar-refractivity contribution in [2.45, 2.75) is 25.8 Å². The largest absolute Gasteiger partial charge is 0.371 e. The van der Waals surface area contributed by atoms with E-state index in [-0.39, 0.29) is 0 Å². The molecule has 0 saturated heterocycles. The van der Waals surface area contributed by atoms with Crippen molar-refractivity contribution in [3.8, 4) is 0 Å². The minimum atomic E-state index is 0.739. The Bertz CT molecular complexity index is 501. The van der Waals surface area contributed by atoms with Gasteiger partial charge in [0.1, 0.15) is 6.33 Å². The molecule has 0 aromatic carbocycles. The van der Waals surface area contributed by atoms with Gasteiger partial charge in [0.25, 0.3) is 0 Å². The van der Waals surface area contributed by atoms with Gasteiger partial charge in [0.2, 0.25) is 0 Å². The fourth-order valence-electron chi connectivity index (χ4n) is 1.84. The Morgan fingerprint density at radius 3 is 3.06 bits per heavy atom. The summed E-state index contributed by atoms with van der Waals surface area (Å²) in [4.78, 5) is 8.34. The maximum absolute atomic E-state index is 4.23. The Morgan fingerprint density at radius 2 is 2.31 bits per heavy atom. The lowest BCUT2D eigenvalue weighted by molar-refractivity contribution is 0.541. The van der Waals surface area contributed by atoms with E-state index in [0.29, 0.717) is 0 Å². The second-order valence-electron chi connectivity index (χ2n) is 4.19. The van der Waals surface area contributed by atoms with Gasteiger partial charge in [0.05, 0.1) is 0 Å². The van der Waals surface area contributed by atoms with Crippen LogP contribution in [0.3, 0.4) is 0 Å². The first-order chi connectivity index (χ1) is 7.88. The van der Waals surface area contributed by atoms with Crippen LogP contribution in [0, 0.1) is 5.92 Å². The predicted octanol–water partition coefficient (Wildman–Crippen LogP) is 1.06. The van der Waals surface area contributed by atoms with Crippen LogP contribution in [0.2, 0.25) is 0 Å². The summed E-state index contributed by atoms with van der Waals surface area (Å²) in [6.45, 7) is 0.904. The van der Waals surface area contributed by atoms with Gasteiger partial charge < -0.3 is 5.32 Å². The van der Waals surface area contributed by atoms with Crippen LogP contribution >= 0.6 is 0 Å². The van der Waals surface area contributed by atoms with E-state index in [1.807, 2.05) is 11.7 Å². The number of fused-ring (bicyclic) bond motifs is 1. The average molecular weight is 218 g/mol. The zero-order valence-electron chi connectivity index (χ0n) is 9.22. The van der Waals surface area contributed by atoms with Crippen LogP contribution in [-0.2, 0) is 6.54 Å². The minimum absolute atomic E-state index is 0.739. The summed E-state index contributed by atoms with van der Waals surface area (Å²) in [6.07, 6.45) is 5.45. The summed E-state index contributed by atoms with van der Waals surface area (Å²) < 4.78 is 1.87. The molecule has 0 spiro atoms. The zero-order chi connectivity index (χ0) is 11.0. The Hall–Kier alpha value is -1.72. The highest BCUT2D eigenvalue weighted by atomic mass is 15.4. The molecule has 6 heteroatoms. The smallest absolute Gasteiger partial charge is 0.183 e. The summed E-state index contributed by atoms with van der Waals surface area (Å²) in [7, 11) is 1.82. The number of anilines is 1. The minimum Gasteiger partial charge on any atom is -0.371 e. The Morgan fingerprint density at radius 1 is 1.44 bits per heavy atom. The molecule has 2 aromatic rings. The van der Waals surface area contributed by atoms with Crippen molar-refractivity contribution in [3.05, 3.63) is 6.33 Å². The number of hydrogen-bond acceptors (Lipinski definition) is 5. The topological polar surface area (TPSA) is 68.5 Å². The Labute approximate surface area is 93.1 Å². The third kappa shape index (κ3) is 1.60. The summed E-state index contributed by atoms with van der Waals surface area (Å²) in [5.41, 5.74) is 1.57. The Kier molecular flexibility index (Phi) is 2.19. The highest BCUT2D eigenvalue weighted by Crippen LogP contribution is 2.32. The molecule has 16 heavy (non-hydrogen) atoms. The van der Waals surface area contributed by atoms with Crippen LogP contribution in [0.1, 0.15) is 19.3 Å². The molecule has 6 nitrogen and oxygen atoms in total. The van der Waals surface area contributed by atoms with Crippen molar-refractivity contribution >= 4 is 17.0 Å². The first-order valence-corrected chi connectivity index (χ1v) is 5.60. The zero-order valence-corrected chi connectivity index (χ0v) is 9.22. The van der Waals surface area contributed by atoms with E-state index >= 15 is 0 Å². The molecule has 1 fully saturated rings. The quantitative estimate of drug-likeness (QED) is 0.831. The van der Waals surface area contributed by atoms with Gasteiger partial charge in [-0.05, 0) is 12.3 Å². The molecule has 1 aliphatic carbocycles. The summed E-state index contributed by atoms with van der Waals surface area (Å²) >= 11 is 0. The number of aryl methyl sites for hydroxylation is 1. The van der Waals surface area contributed by atoms with Crippen molar-refractivity contribution in [3.63, 3.8) is 0 Å². The number of nitrogens with zero attached hydrogens (tertiary/aromatic N) is 5. The van der Waals surface area contributed by atoms with Gasteiger partial charge >= 0.3 is 0 Å². The summed E-state index contributed by atoms with van der Waals surface area (Å²) in [5.74, 6) is 1.63. The van der Waals surface area contributed by atoms with E-state index in [2.05, 4.69) is 25.6 Å². The standard InChI is InChI=1S/C10H14N6/c1-11-9-8-10(13-6-12-9)16(15-14-8)5-4-7-2-3-7/h6-7H,2-5H2,1H3,(H,11,12,13). The molecule has 0 bridgehead atoms. The lowest BCUT2D eigenvalue weighted by Gasteiger charge is -2.01. The molecule has 1 saturated carbocycles. The molecule has 0 unspecified atom stereocenters. The van der Waals surface area contributed by atoms with Gasteiger partial charge in [-0.3, -0.25) is 0 Å². The van der Waals surface area contributed by atoms with E-state index < -0.39 is 0 Å². The van der Waals surface area contributed by atoms with E-state index in [9.17, 15) is 0 Å². The Balaban J connectivity index is 1.92. The third-order valence-electron chi connectivity index (χ3n) is 2.98. The van der Waals surface area contributed by atoms with Crippen LogP contribution in [0.15, 0.2) is 6.33 Å². The first kappa shape index (κ1) is 9.50. The molecule has 0 aliphatic heterocycles. The molecule has 2 heterocycles. The maximum atomic E-state index is 4.23. The summed E-state index contributed by atoms with van der Waals surface area (Å²) in [6, 6.07) is 0. The van der Waals surface area contributed by atoms with Crippen molar-refractivity contribution in [2.75, 3.05) is 12.4 Å². The highest BCUT2D eigenvalue weighted by Gasteiger charge is 2.21. The molecule has 1 aliphatic rings. The predicted molar refractivity (Wildman–Crippen MR) is 60.0 cm³/mol. The number of hydrogen-bond donors (Lipinski definition) is 1. The van der Waals surface area contributed by atoms with Crippen LogP contribution < -0.4 is 5.32 Å². The van der Waals surface area contributed by atoms with E-state index in [1.54, 1.807) is 6.33 Å². The molecule has 1 N–H and O–H groups in total. The lowest BCUT2D eigenvalue weighted by atomic mass is 10.3. The normalized spacial score (nSPS) is 15.6. The van der Waals surface area contributed by atoms with E-state index in [0.717, 1.165) is 29.4 Å². The van der Waals surface area contributed by atoms with Gasteiger partial charge in [-0.15, -0.1) is 5.10 Å². The van der Waals surface area contributed by atoms with Crippen LogP contribution in [0.5, 0.6) is 0 Å². The van der Waals surface area contributed by atoms with Crippen molar-refractivity contribution in [1.29, 1.82) is 0 Å². The van der Waals surface area contributed by atoms with E-state index in [4.69, 9.17) is 0 Å². The maximum Gasteiger partial charge on any atom is 0.183 e. The monoisotopic (exact) mass is 218 g/mol. The van der Waals surface area contributed by atoms with Crippen LogP contribution in [0.25, 0.3) is 11.2 Å². The number of aromatic nitrogens is 5. The van der Waals surface area contributed by atoms with Gasteiger partial charge in [0.15, 0.2) is 17.0 Å². The molecular formula is C10H14N6. The van der Waals surface area contributed by atoms with Gasteiger partial charge in [-0.1, -0.05) is 18.1 Å². The van der Waals surface area contributed by atoms with E-state index in [1.165, 1.54) is 19.3 Å². The first-order valence-electron chi connectivity index (χ1n) is 5.60. The van der Waals surface area contributed by atoms with Gasteiger partial charge in [-0.2, -0.15) is 0 Å². The second-order valence-corrected chi connectivity index (χ2v) is 4.19. The number of rotatable bonds is 4. The average Bonchev–Trinajstić information content (AvgIpc) is 3.06. The summed E-state index contributed by atoms with van der Waals surface area (Å²) in [5, 5.41) is 11.2. The number of nitrogens with one attached hydrogen (secondary N) is 1. The van der Waals surface area contributed by atoms with Crippen molar-refractivity contribution in [1.82, 2.24) is 25.0 Å². The molecule has 0 amide bonds. The fourth-order valence-corrected chi connectivity index (χ4v) is 1.84. The van der Waals surface area contributed by atoms with Crippen molar-refractivity contribution < 1.29 is 0 Å². The molecule has 0 atom stereocenters. The second kappa shape index (κ2) is 3.70. The van der Waals surface area contributed by atoms with Crippen LogP contribution in [0.4, 0.5) is 5.82 Å². The highest BCUT2D eigenvalue weighted by molar-refractivity contribution is 5.81. The van der Waals surface area contributed by atoms with Crippen LogP contribution in [-0.4, -0.2) is 32.0 Å². The lowest BCUT2D eigenvalue weighted by Crippen LogP contribution is -2.02. The third-order valence-corrected chi connectivity index (χ3v) is 2.98. The molecule has 2 aromatic heterocycles. The molecule has 3 rings (SSSR count). The molecule has 0 radical (unpaired) electrons. The van der Waals surface area contributed by atoms with Crippen molar-refractivity contribution in [2.24, 2.45) is 5.92 Å². The van der Waals surface area contributed by atoms with Gasteiger partial charge in [-0.25, -0.2) is 14.6 Å². The van der Waals surface area contributed by atoms with Gasteiger partial charge in [0, 0.05) is 13.6 Å².